The molecule has 0 bridgehead atoms. The lowest BCUT2D eigenvalue weighted by molar-refractivity contribution is -0.141. The van der Waals surface area contributed by atoms with Crippen molar-refractivity contribution in [3.8, 4) is 0 Å². The van der Waals surface area contributed by atoms with Gasteiger partial charge >= 0.3 is 5.97 Å². The first-order valence-electron chi connectivity index (χ1n) is 5.69. The number of hydrogen-bond acceptors (Lipinski definition) is 4. The van der Waals surface area contributed by atoms with Gasteiger partial charge in [-0.15, -0.1) is 0 Å². The summed E-state index contributed by atoms with van der Waals surface area (Å²) in [6.45, 7) is 6.40. The molecule has 100 valence electrons. The van der Waals surface area contributed by atoms with E-state index in [0.717, 1.165) is 14.8 Å². The molecule has 0 aliphatic rings. The van der Waals surface area contributed by atoms with Crippen LogP contribution in [0.25, 0.3) is 0 Å². The van der Waals surface area contributed by atoms with Gasteiger partial charge in [0.25, 0.3) is 0 Å². The Balaban J connectivity index is 2.94. The fraction of sp³-hybridized carbons (Fsp3) is 0.500. The van der Waals surface area contributed by atoms with Gasteiger partial charge in [-0.2, -0.15) is 0 Å². The molecule has 1 rings (SSSR count). The first-order valence-corrected chi connectivity index (χ1v) is 7.27. The maximum absolute atomic E-state index is 11.6. The molecule has 0 fully saturated rings. The van der Waals surface area contributed by atoms with Gasteiger partial charge in [0.05, 0.1) is 11.1 Å². The van der Waals surface area contributed by atoms with Crippen LogP contribution >= 0.6 is 31.9 Å². The average Bonchev–Trinajstić information content (AvgIpc) is 2.27. The molecule has 18 heavy (non-hydrogen) atoms. The summed E-state index contributed by atoms with van der Waals surface area (Å²) in [5.74, 6) is 0.490. The van der Waals surface area contributed by atoms with Crippen molar-refractivity contribution in [2.24, 2.45) is 0 Å². The number of carbonyl (C=O) groups is 1. The number of anilines is 1. The second-order valence-corrected chi connectivity index (χ2v) is 5.76. The molecule has 0 N–H and O–H groups in total. The smallest absolute Gasteiger partial charge is 0.325 e. The van der Waals surface area contributed by atoms with Crippen LogP contribution in [-0.4, -0.2) is 30.1 Å². The number of carbonyl (C=O) groups excluding carboxylic acids is 1. The summed E-state index contributed by atoms with van der Waals surface area (Å²) in [5.41, 5.74) is 0. The van der Waals surface area contributed by atoms with Crippen molar-refractivity contribution in [3.63, 3.8) is 0 Å². The van der Waals surface area contributed by atoms with E-state index in [1.165, 1.54) is 0 Å². The summed E-state index contributed by atoms with van der Waals surface area (Å²) in [6, 6.07) is 2.06. The minimum absolute atomic E-state index is 0.152. The van der Waals surface area contributed by atoms with Gasteiger partial charge < -0.3 is 9.64 Å². The van der Waals surface area contributed by atoms with E-state index in [9.17, 15) is 4.79 Å². The Morgan fingerprint density at radius 3 is 2.67 bits per heavy atom. The van der Waals surface area contributed by atoms with Crippen molar-refractivity contribution >= 4 is 43.6 Å². The van der Waals surface area contributed by atoms with Gasteiger partial charge in [0.2, 0.25) is 0 Å². The summed E-state index contributed by atoms with van der Waals surface area (Å²) >= 11 is 6.81. The van der Waals surface area contributed by atoms with Gasteiger partial charge in [0.1, 0.15) is 12.4 Å². The predicted octanol–water partition coefficient (Wildman–Crippen LogP) is 3.38. The number of hydrogen-bond donors (Lipinski definition) is 0. The van der Waals surface area contributed by atoms with Crippen molar-refractivity contribution in [2.75, 3.05) is 18.1 Å². The summed E-state index contributed by atoms with van der Waals surface area (Å²) < 4.78 is 6.70. The molecular formula is C12H16Br2N2O2. The third-order valence-corrected chi connectivity index (χ3v) is 3.31. The molecule has 4 nitrogen and oxygen atoms in total. The summed E-state index contributed by atoms with van der Waals surface area (Å²) in [7, 11) is 0. The molecule has 0 amide bonds. The fourth-order valence-electron chi connectivity index (χ4n) is 1.47. The van der Waals surface area contributed by atoms with Crippen LogP contribution in [0.4, 0.5) is 5.82 Å². The van der Waals surface area contributed by atoms with Crippen molar-refractivity contribution in [3.05, 3.63) is 21.2 Å². The highest BCUT2D eigenvalue weighted by atomic mass is 79.9. The molecule has 1 aromatic heterocycles. The number of halogens is 2. The molecule has 6 heteroatoms. The van der Waals surface area contributed by atoms with Gasteiger partial charge in [-0.05, 0) is 58.7 Å². The van der Waals surface area contributed by atoms with Crippen LogP contribution in [0.1, 0.15) is 20.8 Å². The fourth-order valence-corrected chi connectivity index (χ4v) is 2.68. The van der Waals surface area contributed by atoms with Crippen LogP contribution in [0.5, 0.6) is 0 Å². The van der Waals surface area contributed by atoms with E-state index >= 15 is 0 Å². The summed E-state index contributed by atoms with van der Waals surface area (Å²) in [6.07, 6.45) is 1.71. The molecule has 0 aromatic carbocycles. The molecule has 0 radical (unpaired) electrons. The first-order chi connectivity index (χ1) is 8.45. The first kappa shape index (κ1) is 15.4. The van der Waals surface area contributed by atoms with Gasteiger partial charge in [-0.25, -0.2) is 4.98 Å². The molecule has 0 saturated heterocycles. The Kier molecular flexibility index (Phi) is 6.08. The number of ether oxygens (including phenoxy) is 1. The lowest BCUT2D eigenvalue weighted by Crippen LogP contribution is -2.37. The minimum Gasteiger partial charge on any atom is -0.465 e. The molecule has 0 atom stereocenters. The lowest BCUT2D eigenvalue weighted by Gasteiger charge is -2.27. The van der Waals surface area contributed by atoms with Crippen LogP contribution in [0.15, 0.2) is 21.2 Å². The van der Waals surface area contributed by atoms with E-state index in [1.54, 1.807) is 13.1 Å². The number of nitrogens with zero attached hydrogens (tertiary/aromatic N) is 2. The molecule has 0 aliphatic heterocycles. The number of rotatable bonds is 5. The van der Waals surface area contributed by atoms with Crippen LogP contribution in [-0.2, 0) is 9.53 Å². The SMILES string of the molecule is CCOC(=O)CN(c1ncc(Br)cc1Br)C(C)C. The van der Waals surface area contributed by atoms with Crippen molar-refractivity contribution in [1.82, 2.24) is 4.98 Å². The molecule has 1 heterocycles. The zero-order valence-electron chi connectivity index (χ0n) is 10.6. The van der Waals surface area contributed by atoms with Gasteiger partial charge in [0.15, 0.2) is 0 Å². The third-order valence-electron chi connectivity index (χ3n) is 2.29. The minimum atomic E-state index is -0.247. The van der Waals surface area contributed by atoms with E-state index in [0.29, 0.717) is 6.61 Å². The Morgan fingerprint density at radius 1 is 1.50 bits per heavy atom. The van der Waals surface area contributed by atoms with E-state index in [1.807, 2.05) is 24.8 Å². The zero-order chi connectivity index (χ0) is 13.7. The van der Waals surface area contributed by atoms with E-state index in [-0.39, 0.29) is 18.6 Å². The van der Waals surface area contributed by atoms with Gasteiger partial charge in [-0.1, -0.05) is 0 Å². The van der Waals surface area contributed by atoms with Gasteiger partial charge in [0, 0.05) is 16.7 Å². The molecule has 0 spiro atoms. The second kappa shape index (κ2) is 7.09. The largest absolute Gasteiger partial charge is 0.465 e. The Bertz CT molecular complexity index is 425. The Labute approximate surface area is 124 Å². The molecule has 0 aliphatic carbocycles. The molecular weight excluding hydrogens is 364 g/mol. The van der Waals surface area contributed by atoms with Crippen molar-refractivity contribution in [1.29, 1.82) is 0 Å². The van der Waals surface area contributed by atoms with Crippen LogP contribution in [0.2, 0.25) is 0 Å². The summed E-state index contributed by atoms with van der Waals surface area (Å²) in [5, 5.41) is 0. The Hall–Kier alpha value is -0.620. The standard InChI is InChI=1S/C12H16Br2N2O2/c1-4-18-11(17)7-16(8(2)3)12-10(14)5-9(13)6-15-12/h5-6,8H,4,7H2,1-3H3. The molecule has 1 aromatic rings. The number of esters is 1. The van der Waals surface area contributed by atoms with Crippen molar-refractivity contribution < 1.29 is 9.53 Å². The van der Waals surface area contributed by atoms with E-state index < -0.39 is 0 Å². The molecule has 0 unspecified atom stereocenters. The molecule has 0 saturated carbocycles. The maximum Gasteiger partial charge on any atom is 0.325 e. The maximum atomic E-state index is 11.6. The number of aromatic nitrogens is 1. The third kappa shape index (κ3) is 4.24. The highest BCUT2D eigenvalue weighted by Crippen LogP contribution is 2.27. The lowest BCUT2D eigenvalue weighted by atomic mass is 10.3. The number of pyridine rings is 1. The van der Waals surface area contributed by atoms with E-state index in [2.05, 4.69) is 36.8 Å². The van der Waals surface area contributed by atoms with Crippen LogP contribution in [0, 0.1) is 0 Å². The van der Waals surface area contributed by atoms with Crippen LogP contribution < -0.4 is 4.90 Å². The quantitative estimate of drug-likeness (QED) is 0.735. The second-order valence-electron chi connectivity index (χ2n) is 3.99. The Morgan fingerprint density at radius 2 is 2.17 bits per heavy atom. The highest BCUT2D eigenvalue weighted by molar-refractivity contribution is 9.11. The van der Waals surface area contributed by atoms with Crippen molar-refractivity contribution in [2.45, 2.75) is 26.8 Å². The monoisotopic (exact) mass is 378 g/mol. The topological polar surface area (TPSA) is 42.4 Å². The normalized spacial score (nSPS) is 10.6. The predicted molar refractivity (Wildman–Crippen MR) is 78.8 cm³/mol. The highest BCUT2D eigenvalue weighted by Gasteiger charge is 2.19. The average molecular weight is 380 g/mol. The van der Waals surface area contributed by atoms with E-state index in [4.69, 9.17) is 4.74 Å². The van der Waals surface area contributed by atoms with Crippen LogP contribution in [0.3, 0.4) is 0 Å². The van der Waals surface area contributed by atoms with Gasteiger partial charge in [-0.3, -0.25) is 4.79 Å². The summed E-state index contributed by atoms with van der Waals surface area (Å²) in [4.78, 5) is 17.8. The zero-order valence-corrected chi connectivity index (χ0v) is 13.8.